The third kappa shape index (κ3) is 8.53. The standard InChI is InChI=1S/C23H31FO.2ClH/c1-17(2)9-8-10-18(3)13-14-25-22-16-21(15-19(4)23(22)24)20-11-6-5-7-12-20;;/h5-7,11-12,15-18H,8-10,13-14H2,1-4H3;2*1H. The Kier molecular flexibility index (Phi) is 12.4. The first-order chi connectivity index (χ1) is 12.0. The van der Waals surface area contributed by atoms with E-state index in [1.54, 1.807) is 6.92 Å². The lowest BCUT2D eigenvalue weighted by Crippen LogP contribution is -2.06. The highest BCUT2D eigenvalue weighted by Crippen LogP contribution is 2.29. The summed E-state index contributed by atoms with van der Waals surface area (Å²) in [5.74, 6) is 1.50. The zero-order chi connectivity index (χ0) is 18.2. The second-order valence-corrected chi connectivity index (χ2v) is 7.54. The van der Waals surface area contributed by atoms with Gasteiger partial charge in [0.1, 0.15) is 0 Å². The van der Waals surface area contributed by atoms with E-state index in [0.717, 1.165) is 23.5 Å². The predicted molar refractivity (Wildman–Crippen MR) is 119 cm³/mol. The Morgan fingerprint density at radius 2 is 1.56 bits per heavy atom. The molecular weight excluding hydrogens is 382 g/mol. The molecule has 1 atom stereocenters. The summed E-state index contributed by atoms with van der Waals surface area (Å²) < 4.78 is 20.2. The van der Waals surface area contributed by atoms with E-state index in [1.807, 2.05) is 42.5 Å². The highest BCUT2D eigenvalue weighted by Gasteiger charge is 2.11. The molecule has 0 heterocycles. The normalized spacial score (nSPS) is 11.5. The van der Waals surface area contributed by atoms with Crippen molar-refractivity contribution in [3.63, 3.8) is 0 Å². The minimum atomic E-state index is -0.243. The summed E-state index contributed by atoms with van der Waals surface area (Å²) in [5.41, 5.74) is 2.71. The van der Waals surface area contributed by atoms with Crippen LogP contribution >= 0.6 is 24.8 Å². The van der Waals surface area contributed by atoms with Gasteiger partial charge in [-0.1, -0.05) is 70.4 Å². The highest BCUT2D eigenvalue weighted by molar-refractivity contribution is 5.85. The van der Waals surface area contributed by atoms with Crippen LogP contribution in [0.15, 0.2) is 42.5 Å². The Morgan fingerprint density at radius 3 is 2.19 bits per heavy atom. The van der Waals surface area contributed by atoms with E-state index in [9.17, 15) is 4.39 Å². The van der Waals surface area contributed by atoms with E-state index in [4.69, 9.17) is 4.74 Å². The van der Waals surface area contributed by atoms with Crippen molar-refractivity contribution in [1.82, 2.24) is 0 Å². The van der Waals surface area contributed by atoms with Gasteiger partial charge in [-0.2, -0.15) is 0 Å². The van der Waals surface area contributed by atoms with Gasteiger partial charge < -0.3 is 4.74 Å². The first kappa shape index (κ1) is 25.8. The highest BCUT2D eigenvalue weighted by atomic mass is 35.5. The number of halogens is 3. The molecule has 2 rings (SSSR count). The molecule has 0 saturated heterocycles. The maximum atomic E-state index is 14.4. The molecule has 1 nitrogen and oxygen atoms in total. The van der Waals surface area contributed by atoms with Gasteiger partial charge in [0.05, 0.1) is 6.61 Å². The van der Waals surface area contributed by atoms with Crippen LogP contribution in [0.5, 0.6) is 5.75 Å². The Labute approximate surface area is 176 Å². The molecule has 0 amide bonds. The van der Waals surface area contributed by atoms with Gasteiger partial charge in [0.25, 0.3) is 0 Å². The van der Waals surface area contributed by atoms with Crippen molar-refractivity contribution < 1.29 is 9.13 Å². The predicted octanol–water partition coefficient (Wildman–Crippen LogP) is 7.88. The Morgan fingerprint density at radius 1 is 0.889 bits per heavy atom. The van der Waals surface area contributed by atoms with Crippen molar-refractivity contribution in [2.24, 2.45) is 11.8 Å². The van der Waals surface area contributed by atoms with E-state index in [-0.39, 0.29) is 30.6 Å². The zero-order valence-electron chi connectivity index (χ0n) is 16.8. The molecular formula is C23H33Cl2FO. The first-order valence-corrected chi connectivity index (χ1v) is 9.45. The molecule has 0 radical (unpaired) electrons. The smallest absolute Gasteiger partial charge is 0.168 e. The molecule has 2 aromatic carbocycles. The number of rotatable bonds is 9. The molecule has 0 spiro atoms. The van der Waals surface area contributed by atoms with E-state index in [2.05, 4.69) is 20.8 Å². The number of hydrogen-bond acceptors (Lipinski definition) is 1. The van der Waals surface area contributed by atoms with Crippen molar-refractivity contribution in [2.75, 3.05) is 6.61 Å². The number of aryl methyl sites for hydroxylation is 1. The lowest BCUT2D eigenvalue weighted by atomic mass is 9.98. The molecule has 4 heteroatoms. The molecule has 152 valence electrons. The molecule has 0 aromatic heterocycles. The van der Waals surface area contributed by atoms with Gasteiger partial charge in [-0.05, 0) is 54.0 Å². The molecule has 0 saturated carbocycles. The van der Waals surface area contributed by atoms with E-state index in [0.29, 0.717) is 23.8 Å². The van der Waals surface area contributed by atoms with E-state index >= 15 is 0 Å². The Bertz CT molecular complexity index is 659. The average Bonchev–Trinajstić information content (AvgIpc) is 2.59. The third-order valence-electron chi connectivity index (χ3n) is 4.67. The zero-order valence-corrected chi connectivity index (χ0v) is 18.5. The van der Waals surface area contributed by atoms with Crippen molar-refractivity contribution in [1.29, 1.82) is 0 Å². The van der Waals surface area contributed by atoms with Crippen LogP contribution in [0.3, 0.4) is 0 Å². The maximum Gasteiger partial charge on any atom is 0.168 e. The summed E-state index contributed by atoms with van der Waals surface area (Å²) in [6, 6.07) is 13.7. The molecule has 0 N–H and O–H groups in total. The summed E-state index contributed by atoms with van der Waals surface area (Å²) in [6.45, 7) is 9.14. The van der Waals surface area contributed by atoms with Gasteiger partial charge in [-0.25, -0.2) is 4.39 Å². The Hall–Kier alpha value is -1.25. The van der Waals surface area contributed by atoms with Crippen LogP contribution in [0.25, 0.3) is 11.1 Å². The van der Waals surface area contributed by atoms with Crippen molar-refractivity contribution in [3.05, 3.63) is 53.8 Å². The fourth-order valence-corrected chi connectivity index (χ4v) is 3.03. The minimum absolute atomic E-state index is 0. The molecule has 0 aliphatic carbocycles. The molecule has 2 aromatic rings. The van der Waals surface area contributed by atoms with Crippen LogP contribution in [0.4, 0.5) is 4.39 Å². The van der Waals surface area contributed by atoms with Gasteiger partial charge in [0.15, 0.2) is 11.6 Å². The Balaban J connectivity index is 0.00000338. The molecule has 0 aliphatic rings. The maximum absolute atomic E-state index is 14.4. The SMILES string of the molecule is Cc1cc(-c2ccccc2)cc(OCCC(C)CCCC(C)C)c1F.Cl.Cl. The van der Waals surface area contributed by atoms with Crippen LogP contribution in [-0.2, 0) is 0 Å². The minimum Gasteiger partial charge on any atom is -0.490 e. The molecule has 0 aliphatic heterocycles. The van der Waals surface area contributed by atoms with Gasteiger partial charge in [-0.3, -0.25) is 0 Å². The monoisotopic (exact) mass is 414 g/mol. The fraction of sp³-hybridized carbons (Fsp3) is 0.478. The number of hydrogen-bond donors (Lipinski definition) is 0. The second kappa shape index (κ2) is 13.0. The summed E-state index contributed by atoms with van der Waals surface area (Å²) in [6.07, 6.45) is 4.72. The van der Waals surface area contributed by atoms with Gasteiger partial charge in [-0.15, -0.1) is 24.8 Å². The van der Waals surface area contributed by atoms with Crippen molar-refractivity contribution in [3.8, 4) is 16.9 Å². The van der Waals surface area contributed by atoms with Gasteiger partial charge >= 0.3 is 0 Å². The van der Waals surface area contributed by atoms with Gasteiger partial charge in [0, 0.05) is 0 Å². The van der Waals surface area contributed by atoms with Gasteiger partial charge in [0.2, 0.25) is 0 Å². The van der Waals surface area contributed by atoms with Crippen LogP contribution < -0.4 is 4.74 Å². The second-order valence-electron chi connectivity index (χ2n) is 7.54. The van der Waals surface area contributed by atoms with Crippen LogP contribution in [0.1, 0.15) is 52.0 Å². The topological polar surface area (TPSA) is 9.23 Å². The molecule has 0 fully saturated rings. The summed E-state index contributed by atoms with van der Waals surface area (Å²) in [5, 5.41) is 0. The third-order valence-corrected chi connectivity index (χ3v) is 4.67. The van der Waals surface area contributed by atoms with Crippen molar-refractivity contribution in [2.45, 2.75) is 53.4 Å². The quantitative estimate of drug-likeness (QED) is 0.405. The van der Waals surface area contributed by atoms with E-state index in [1.165, 1.54) is 19.3 Å². The van der Waals surface area contributed by atoms with E-state index < -0.39 is 0 Å². The molecule has 0 bridgehead atoms. The largest absolute Gasteiger partial charge is 0.490 e. The molecule has 27 heavy (non-hydrogen) atoms. The average molecular weight is 415 g/mol. The molecule has 1 unspecified atom stereocenters. The van der Waals surface area contributed by atoms with Crippen LogP contribution in [-0.4, -0.2) is 6.61 Å². The van der Waals surface area contributed by atoms with Crippen LogP contribution in [0.2, 0.25) is 0 Å². The number of benzene rings is 2. The van der Waals surface area contributed by atoms with Crippen LogP contribution in [0, 0.1) is 24.6 Å². The summed E-state index contributed by atoms with van der Waals surface area (Å²) >= 11 is 0. The first-order valence-electron chi connectivity index (χ1n) is 9.45. The van der Waals surface area contributed by atoms with Crippen molar-refractivity contribution >= 4 is 24.8 Å². The lowest BCUT2D eigenvalue weighted by molar-refractivity contribution is 0.264. The summed E-state index contributed by atoms with van der Waals surface area (Å²) in [4.78, 5) is 0. The fourth-order valence-electron chi connectivity index (χ4n) is 3.03. The summed E-state index contributed by atoms with van der Waals surface area (Å²) in [7, 11) is 0. The number of ether oxygens (including phenoxy) is 1. The lowest BCUT2D eigenvalue weighted by Gasteiger charge is -2.15.